The van der Waals surface area contributed by atoms with Gasteiger partial charge in [-0.15, -0.1) is 0 Å². The summed E-state index contributed by atoms with van der Waals surface area (Å²) in [6, 6.07) is 22.1. The molecule has 0 aliphatic heterocycles. The van der Waals surface area contributed by atoms with Crippen LogP contribution in [0.4, 0.5) is 5.69 Å². The van der Waals surface area contributed by atoms with Gasteiger partial charge in [-0.1, -0.05) is 61.2 Å². The van der Waals surface area contributed by atoms with Crippen LogP contribution in [0.3, 0.4) is 0 Å². The topological polar surface area (TPSA) is 51.3 Å². The first-order chi connectivity index (χ1) is 12.6. The zero-order valence-electron chi connectivity index (χ0n) is 15.0. The lowest BCUT2D eigenvalue weighted by Crippen LogP contribution is -2.00. The Kier molecular flexibility index (Phi) is 5.59. The summed E-state index contributed by atoms with van der Waals surface area (Å²) >= 11 is 0. The third kappa shape index (κ3) is 4.45. The fourth-order valence-electron chi connectivity index (χ4n) is 2.73. The molecular weight excluding hydrogens is 318 g/mol. The zero-order chi connectivity index (χ0) is 18.4. The molecule has 2 aromatic carbocycles. The number of benzene rings is 2. The van der Waals surface area contributed by atoms with Crippen molar-refractivity contribution in [3.63, 3.8) is 0 Å². The molecule has 0 amide bonds. The summed E-state index contributed by atoms with van der Waals surface area (Å²) in [6.45, 7) is 6.15. The van der Waals surface area contributed by atoms with E-state index in [1.807, 2.05) is 36.4 Å². The molecule has 1 heterocycles. The Morgan fingerprint density at radius 2 is 1.73 bits per heavy atom. The van der Waals surface area contributed by atoms with Gasteiger partial charge in [0.25, 0.3) is 0 Å². The lowest BCUT2D eigenvalue weighted by Gasteiger charge is -2.08. The van der Waals surface area contributed by atoms with Crippen molar-refractivity contribution in [3.05, 3.63) is 101 Å². The number of nitrogens with two attached hydrogens (primary N) is 1. The third-order valence-electron chi connectivity index (χ3n) is 4.35. The van der Waals surface area contributed by atoms with Gasteiger partial charge in [0.05, 0.1) is 11.4 Å². The van der Waals surface area contributed by atoms with Crippen LogP contribution in [0.15, 0.2) is 78.3 Å². The molecule has 26 heavy (non-hydrogen) atoms. The number of nitrogen functional groups attached to an aromatic ring is 1. The van der Waals surface area contributed by atoms with Gasteiger partial charge >= 0.3 is 0 Å². The summed E-state index contributed by atoms with van der Waals surface area (Å²) in [7, 11) is 0. The highest BCUT2D eigenvalue weighted by Gasteiger charge is 2.06. The van der Waals surface area contributed by atoms with Gasteiger partial charge in [0.2, 0.25) is 0 Å². The third-order valence-corrected chi connectivity index (χ3v) is 4.35. The predicted octanol–water partition coefficient (Wildman–Crippen LogP) is 4.85. The van der Waals surface area contributed by atoms with Crippen molar-refractivity contribution in [3.8, 4) is 0 Å². The van der Waals surface area contributed by atoms with E-state index in [4.69, 9.17) is 10.7 Å². The Hall–Kier alpha value is -3.20. The zero-order valence-corrected chi connectivity index (χ0v) is 15.0. The smallest absolute Gasteiger partial charge is 0.0883 e. The molecule has 3 heteroatoms. The minimum absolute atomic E-state index is 0.634. The van der Waals surface area contributed by atoms with Crippen LogP contribution in [0.1, 0.15) is 28.1 Å². The molecular formula is C23H23N3. The van der Waals surface area contributed by atoms with E-state index in [1.165, 1.54) is 11.1 Å². The van der Waals surface area contributed by atoms with Crippen LogP contribution >= 0.6 is 0 Å². The highest BCUT2D eigenvalue weighted by molar-refractivity contribution is 5.90. The number of nitrogens with zero attached hydrogens (tertiary/aromatic N) is 2. The molecule has 0 spiro atoms. The Bertz CT molecular complexity index is 927. The van der Waals surface area contributed by atoms with Gasteiger partial charge in [0, 0.05) is 23.2 Å². The summed E-state index contributed by atoms with van der Waals surface area (Å²) in [5.41, 5.74) is 12.5. The summed E-state index contributed by atoms with van der Waals surface area (Å²) in [5, 5.41) is 0. The lowest BCUT2D eigenvalue weighted by molar-refractivity contribution is 0.896. The van der Waals surface area contributed by atoms with Crippen LogP contribution in [0.25, 0.3) is 5.70 Å². The number of aromatic nitrogens is 1. The SMILES string of the molecule is C=C(N=Cc1ccccc1N)c1ccc(C)c(CCc2ccccc2)n1. The number of rotatable bonds is 6. The monoisotopic (exact) mass is 341 g/mol. The highest BCUT2D eigenvalue weighted by Crippen LogP contribution is 2.17. The average molecular weight is 341 g/mol. The molecule has 2 N–H and O–H groups in total. The molecule has 3 aromatic rings. The van der Waals surface area contributed by atoms with Crippen LogP contribution in [-0.2, 0) is 12.8 Å². The quantitative estimate of drug-likeness (QED) is 0.515. The van der Waals surface area contributed by atoms with Crippen molar-refractivity contribution < 1.29 is 0 Å². The highest BCUT2D eigenvalue weighted by atomic mass is 14.8. The van der Waals surface area contributed by atoms with Crippen molar-refractivity contribution in [1.29, 1.82) is 0 Å². The predicted molar refractivity (Wildman–Crippen MR) is 110 cm³/mol. The molecule has 0 bridgehead atoms. The fourth-order valence-corrected chi connectivity index (χ4v) is 2.73. The largest absolute Gasteiger partial charge is 0.398 e. The van der Waals surface area contributed by atoms with E-state index in [9.17, 15) is 0 Å². The van der Waals surface area contributed by atoms with Crippen molar-refractivity contribution in [1.82, 2.24) is 4.98 Å². The van der Waals surface area contributed by atoms with E-state index < -0.39 is 0 Å². The molecule has 0 unspecified atom stereocenters. The maximum absolute atomic E-state index is 5.95. The van der Waals surface area contributed by atoms with Gasteiger partial charge < -0.3 is 5.73 Å². The minimum atomic E-state index is 0.634. The first kappa shape index (κ1) is 17.6. The summed E-state index contributed by atoms with van der Waals surface area (Å²) in [4.78, 5) is 9.23. The molecule has 3 nitrogen and oxygen atoms in total. The number of aryl methyl sites for hydroxylation is 3. The fraction of sp³-hybridized carbons (Fsp3) is 0.130. The summed E-state index contributed by atoms with van der Waals surface area (Å²) in [6.07, 6.45) is 3.60. The minimum Gasteiger partial charge on any atom is -0.398 e. The number of anilines is 1. The molecule has 130 valence electrons. The van der Waals surface area contributed by atoms with Crippen molar-refractivity contribution >= 4 is 17.6 Å². The Morgan fingerprint density at radius 3 is 2.50 bits per heavy atom. The van der Waals surface area contributed by atoms with Gasteiger partial charge in [-0.2, -0.15) is 0 Å². The first-order valence-electron chi connectivity index (χ1n) is 8.72. The maximum Gasteiger partial charge on any atom is 0.0883 e. The van der Waals surface area contributed by atoms with Crippen LogP contribution in [-0.4, -0.2) is 11.2 Å². The second kappa shape index (κ2) is 8.26. The molecule has 0 atom stereocenters. The van der Waals surface area contributed by atoms with Gasteiger partial charge in [-0.3, -0.25) is 9.98 Å². The van der Waals surface area contributed by atoms with Crippen LogP contribution in [0, 0.1) is 6.92 Å². The number of hydrogen-bond donors (Lipinski definition) is 1. The second-order valence-corrected chi connectivity index (χ2v) is 6.28. The Morgan fingerprint density at radius 1 is 1.00 bits per heavy atom. The van der Waals surface area contributed by atoms with E-state index in [2.05, 4.69) is 48.8 Å². The van der Waals surface area contributed by atoms with Gasteiger partial charge in [0.15, 0.2) is 0 Å². The molecule has 1 aromatic heterocycles. The molecule has 0 fully saturated rings. The summed E-state index contributed by atoms with van der Waals surface area (Å²) < 4.78 is 0. The van der Waals surface area contributed by atoms with E-state index in [1.54, 1.807) is 6.21 Å². The second-order valence-electron chi connectivity index (χ2n) is 6.28. The lowest BCUT2D eigenvalue weighted by atomic mass is 10.0. The van der Waals surface area contributed by atoms with E-state index in [-0.39, 0.29) is 0 Å². The van der Waals surface area contributed by atoms with E-state index in [0.717, 1.165) is 29.8 Å². The maximum atomic E-state index is 5.95. The molecule has 0 aliphatic rings. The molecule has 0 saturated heterocycles. The van der Waals surface area contributed by atoms with Crippen LogP contribution in [0.2, 0.25) is 0 Å². The van der Waals surface area contributed by atoms with Gasteiger partial charge in [-0.05, 0) is 43.0 Å². The normalized spacial score (nSPS) is 11.0. The van der Waals surface area contributed by atoms with Crippen molar-refractivity contribution in [2.45, 2.75) is 19.8 Å². The standard InChI is InChI=1S/C23H23N3/c1-17-12-14-23(18(2)25-16-20-10-6-7-11-21(20)24)26-22(17)15-13-19-8-4-3-5-9-19/h3-12,14,16H,2,13,15,24H2,1H3. The van der Waals surface area contributed by atoms with E-state index >= 15 is 0 Å². The molecule has 0 aliphatic carbocycles. The van der Waals surface area contributed by atoms with Gasteiger partial charge in [0.1, 0.15) is 0 Å². The Balaban J connectivity index is 1.74. The number of pyridine rings is 1. The number of para-hydroxylation sites is 1. The van der Waals surface area contributed by atoms with Crippen LogP contribution in [0.5, 0.6) is 0 Å². The van der Waals surface area contributed by atoms with E-state index in [0.29, 0.717) is 11.4 Å². The van der Waals surface area contributed by atoms with Crippen molar-refractivity contribution in [2.24, 2.45) is 4.99 Å². The number of hydrogen-bond acceptors (Lipinski definition) is 3. The number of aliphatic imine (C=N–C) groups is 1. The summed E-state index contributed by atoms with van der Waals surface area (Å²) in [5.74, 6) is 0. The van der Waals surface area contributed by atoms with Crippen molar-refractivity contribution in [2.75, 3.05) is 5.73 Å². The molecule has 0 radical (unpaired) electrons. The van der Waals surface area contributed by atoms with Gasteiger partial charge in [-0.25, -0.2) is 0 Å². The Labute approximate surface area is 155 Å². The average Bonchev–Trinajstić information content (AvgIpc) is 2.67. The molecule has 0 saturated carbocycles. The first-order valence-corrected chi connectivity index (χ1v) is 8.72. The van der Waals surface area contributed by atoms with Crippen LogP contribution < -0.4 is 5.73 Å². The molecule has 3 rings (SSSR count).